The number of aliphatic imine (C=N–C) groups is 1. The van der Waals surface area contributed by atoms with Crippen LogP contribution in [-0.2, 0) is 4.74 Å². The van der Waals surface area contributed by atoms with Crippen molar-refractivity contribution in [1.82, 2.24) is 5.32 Å². The van der Waals surface area contributed by atoms with Crippen LogP contribution in [0.15, 0.2) is 4.99 Å². The van der Waals surface area contributed by atoms with Crippen molar-refractivity contribution < 1.29 is 9.53 Å². The molecule has 14 heavy (non-hydrogen) atoms. The monoisotopic (exact) mass is 199 g/mol. The predicted molar refractivity (Wildman–Crippen MR) is 54.0 cm³/mol. The Hall–Kier alpha value is -1.26. The van der Waals surface area contributed by atoms with E-state index >= 15 is 0 Å². The van der Waals surface area contributed by atoms with Gasteiger partial charge in [-0.25, -0.2) is 9.79 Å². The standard InChI is InChI=1S/C9H17N3O2/c1-2-3-6-14-9(13)12-8(10)11-7-4-5-7/h7H,2-6H2,1H3,(H3,10,11,12,13). The molecule has 1 rings (SSSR count). The van der Waals surface area contributed by atoms with Gasteiger partial charge in [0, 0.05) is 0 Å². The molecule has 0 bridgehead atoms. The number of nitrogens with two attached hydrogens (primary N) is 1. The lowest BCUT2D eigenvalue weighted by Crippen LogP contribution is -2.37. The Morgan fingerprint density at radius 2 is 2.36 bits per heavy atom. The summed E-state index contributed by atoms with van der Waals surface area (Å²) in [6.45, 7) is 2.46. The van der Waals surface area contributed by atoms with Gasteiger partial charge in [-0.3, -0.25) is 5.32 Å². The van der Waals surface area contributed by atoms with Gasteiger partial charge < -0.3 is 10.5 Å². The maximum absolute atomic E-state index is 11.0. The number of ether oxygens (including phenoxy) is 1. The molecule has 80 valence electrons. The third-order valence-corrected chi connectivity index (χ3v) is 1.83. The average molecular weight is 199 g/mol. The largest absolute Gasteiger partial charge is 0.449 e. The Balaban J connectivity index is 2.12. The van der Waals surface area contributed by atoms with Crippen LogP contribution in [0.4, 0.5) is 4.79 Å². The maximum Gasteiger partial charge on any atom is 0.413 e. The van der Waals surface area contributed by atoms with Gasteiger partial charge in [0.2, 0.25) is 0 Å². The fourth-order valence-corrected chi connectivity index (χ4v) is 0.882. The first-order valence-corrected chi connectivity index (χ1v) is 4.99. The minimum Gasteiger partial charge on any atom is -0.449 e. The molecule has 1 aliphatic rings. The molecule has 0 aromatic rings. The predicted octanol–water partition coefficient (Wildman–Crippen LogP) is 0.990. The molecule has 0 saturated heterocycles. The summed E-state index contributed by atoms with van der Waals surface area (Å²) in [6, 6.07) is 0.311. The van der Waals surface area contributed by atoms with Gasteiger partial charge in [-0.2, -0.15) is 0 Å². The summed E-state index contributed by atoms with van der Waals surface area (Å²) in [4.78, 5) is 15.1. The molecular weight excluding hydrogens is 182 g/mol. The zero-order valence-corrected chi connectivity index (χ0v) is 8.45. The highest BCUT2D eigenvalue weighted by Crippen LogP contribution is 2.22. The zero-order chi connectivity index (χ0) is 10.4. The second-order valence-electron chi connectivity index (χ2n) is 3.36. The van der Waals surface area contributed by atoms with E-state index in [4.69, 9.17) is 10.5 Å². The summed E-state index contributed by atoms with van der Waals surface area (Å²) < 4.78 is 4.84. The van der Waals surface area contributed by atoms with E-state index in [-0.39, 0.29) is 5.96 Å². The third kappa shape index (κ3) is 4.69. The Labute approximate surface area is 83.7 Å². The van der Waals surface area contributed by atoms with Crippen LogP contribution in [0.2, 0.25) is 0 Å². The van der Waals surface area contributed by atoms with E-state index < -0.39 is 6.09 Å². The van der Waals surface area contributed by atoms with Crippen LogP contribution < -0.4 is 11.1 Å². The van der Waals surface area contributed by atoms with Crippen LogP contribution in [0.5, 0.6) is 0 Å². The SMILES string of the molecule is CCCCOC(=O)NC(N)=NC1CC1. The van der Waals surface area contributed by atoms with E-state index in [0.29, 0.717) is 12.6 Å². The molecule has 0 atom stereocenters. The number of guanidine groups is 1. The van der Waals surface area contributed by atoms with Gasteiger partial charge in [0.05, 0.1) is 12.6 Å². The van der Waals surface area contributed by atoms with Crippen molar-refractivity contribution in [2.75, 3.05) is 6.61 Å². The summed E-state index contributed by atoms with van der Waals surface area (Å²) in [5.74, 6) is 0.161. The minimum absolute atomic E-state index is 0.161. The lowest BCUT2D eigenvalue weighted by atomic mass is 10.4. The Morgan fingerprint density at radius 3 is 2.93 bits per heavy atom. The van der Waals surface area contributed by atoms with Crippen molar-refractivity contribution in [2.24, 2.45) is 10.7 Å². The van der Waals surface area contributed by atoms with Crippen LogP contribution in [0.1, 0.15) is 32.6 Å². The van der Waals surface area contributed by atoms with E-state index in [1.807, 2.05) is 6.92 Å². The summed E-state index contributed by atoms with van der Waals surface area (Å²) >= 11 is 0. The Kier molecular flexibility index (Phi) is 4.22. The highest BCUT2D eigenvalue weighted by Gasteiger charge is 2.20. The van der Waals surface area contributed by atoms with Gasteiger partial charge in [0.25, 0.3) is 0 Å². The lowest BCUT2D eigenvalue weighted by molar-refractivity contribution is 0.150. The molecule has 5 nitrogen and oxygen atoms in total. The zero-order valence-electron chi connectivity index (χ0n) is 8.45. The lowest BCUT2D eigenvalue weighted by Gasteiger charge is -2.05. The first kappa shape index (κ1) is 10.8. The number of nitrogens with one attached hydrogen (secondary N) is 1. The molecule has 5 heteroatoms. The molecule has 0 aromatic carbocycles. The fourth-order valence-electron chi connectivity index (χ4n) is 0.882. The molecule has 1 saturated carbocycles. The van der Waals surface area contributed by atoms with Crippen molar-refractivity contribution in [1.29, 1.82) is 0 Å². The molecule has 0 radical (unpaired) electrons. The van der Waals surface area contributed by atoms with Gasteiger partial charge in [0.15, 0.2) is 5.96 Å². The number of carbonyl (C=O) groups is 1. The van der Waals surface area contributed by atoms with Crippen LogP contribution in [0.25, 0.3) is 0 Å². The second kappa shape index (κ2) is 5.47. The quantitative estimate of drug-likeness (QED) is 0.402. The van der Waals surface area contributed by atoms with Crippen molar-refractivity contribution in [2.45, 2.75) is 38.6 Å². The summed E-state index contributed by atoms with van der Waals surface area (Å²) in [7, 11) is 0. The molecule has 3 N–H and O–H groups in total. The molecule has 1 aliphatic carbocycles. The average Bonchev–Trinajstić information content (AvgIpc) is 2.88. The summed E-state index contributed by atoms with van der Waals surface area (Å²) in [6.07, 6.45) is 3.48. The summed E-state index contributed by atoms with van der Waals surface area (Å²) in [5, 5.41) is 2.38. The van der Waals surface area contributed by atoms with Gasteiger partial charge >= 0.3 is 6.09 Å². The van der Waals surface area contributed by atoms with Crippen molar-refractivity contribution in [3.63, 3.8) is 0 Å². The first-order valence-electron chi connectivity index (χ1n) is 4.99. The number of hydrogen-bond acceptors (Lipinski definition) is 3. The van der Waals surface area contributed by atoms with Crippen molar-refractivity contribution in [3.05, 3.63) is 0 Å². The van der Waals surface area contributed by atoms with Gasteiger partial charge in [-0.1, -0.05) is 13.3 Å². The number of amides is 1. The highest BCUT2D eigenvalue weighted by molar-refractivity contribution is 5.92. The van der Waals surface area contributed by atoms with Crippen molar-refractivity contribution in [3.8, 4) is 0 Å². The van der Waals surface area contributed by atoms with E-state index in [0.717, 1.165) is 25.7 Å². The van der Waals surface area contributed by atoms with Gasteiger partial charge in [0.1, 0.15) is 0 Å². The molecule has 1 fully saturated rings. The van der Waals surface area contributed by atoms with Crippen LogP contribution in [0.3, 0.4) is 0 Å². The number of carbonyl (C=O) groups excluding carboxylic acids is 1. The van der Waals surface area contributed by atoms with E-state index in [1.54, 1.807) is 0 Å². The van der Waals surface area contributed by atoms with Crippen LogP contribution in [0, 0.1) is 0 Å². The van der Waals surface area contributed by atoms with Crippen LogP contribution >= 0.6 is 0 Å². The Bertz CT molecular complexity index is 224. The number of nitrogens with zero attached hydrogens (tertiary/aromatic N) is 1. The number of rotatable bonds is 4. The van der Waals surface area contributed by atoms with Crippen molar-refractivity contribution >= 4 is 12.1 Å². The Morgan fingerprint density at radius 1 is 1.64 bits per heavy atom. The normalized spacial score (nSPS) is 16.5. The number of alkyl carbamates (subject to hydrolysis) is 1. The van der Waals surface area contributed by atoms with Gasteiger partial charge in [-0.15, -0.1) is 0 Å². The van der Waals surface area contributed by atoms with Crippen LogP contribution in [-0.4, -0.2) is 24.7 Å². The highest BCUT2D eigenvalue weighted by atomic mass is 16.5. The summed E-state index contributed by atoms with van der Waals surface area (Å²) in [5.41, 5.74) is 5.46. The van der Waals surface area contributed by atoms with E-state index in [1.165, 1.54) is 0 Å². The van der Waals surface area contributed by atoms with Gasteiger partial charge in [-0.05, 0) is 19.3 Å². The first-order chi connectivity index (χ1) is 6.72. The fraction of sp³-hybridized carbons (Fsp3) is 0.778. The number of unbranched alkanes of at least 4 members (excludes halogenated alkanes) is 1. The molecule has 0 aromatic heterocycles. The second-order valence-corrected chi connectivity index (χ2v) is 3.36. The molecule has 1 amide bonds. The molecule has 0 heterocycles. The maximum atomic E-state index is 11.0. The molecule has 0 unspecified atom stereocenters. The molecule has 0 spiro atoms. The van der Waals surface area contributed by atoms with E-state index in [2.05, 4.69) is 10.3 Å². The smallest absolute Gasteiger partial charge is 0.413 e. The molecular formula is C9H17N3O2. The van der Waals surface area contributed by atoms with E-state index in [9.17, 15) is 4.79 Å². The number of hydrogen-bond donors (Lipinski definition) is 2. The third-order valence-electron chi connectivity index (χ3n) is 1.83. The topological polar surface area (TPSA) is 76.7 Å². The molecule has 0 aliphatic heterocycles. The minimum atomic E-state index is -0.514.